The highest BCUT2D eigenvalue weighted by Gasteiger charge is 2.39. The molecule has 2 bridgehead atoms. The molecule has 66 valence electrons. The molecule has 0 aliphatic heterocycles. The largest absolute Gasteiger partial charge is 0.326 e. The zero-order valence-electron chi connectivity index (χ0n) is 6.14. The van der Waals surface area contributed by atoms with Crippen LogP contribution in [0.1, 0.15) is 6.42 Å². The van der Waals surface area contributed by atoms with E-state index in [-0.39, 0.29) is 36.9 Å². The maximum Gasteiger partial charge on any atom is 0.0262 e. The van der Waals surface area contributed by atoms with Crippen LogP contribution in [-0.2, 0) is 0 Å². The Morgan fingerprint density at radius 2 is 1.27 bits per heavy atom. The highest BCUT2D eigenvalue weighted by molar-refractivity contribution is 5.85. The topological polar surface area (TPSA) is 52.0 Å². The summed E-state index contributed by atoms with van der Waals surface area (Å²) in [5.74, 6) is 1.18. The maximum absolute atomic E-state index is 5.79. The van der Waals surface area contributed by atoms with Gasteiger partial charge >= 0.3 is 0 Å². The molecule has 2 nitrogen and oxygen atoms in total. The molecule has 1 fully saturated rings. The Balaban J connectivity index is 0.000000500. The van der Waals surface area contributed by atoms with Gasteiger partial charge in [-0.3, -0.25) is 0 Å². The summed E-state index contributed by atoms with van der Waals surface area (Å²) in [6.07, 6.45) is 5.61. The lowest BCUT2D eigenvalue weighted by molar-refractivity contribution is 0.499. The average molecular weight is 197 g/mol. The van der Waals surface area contributed by atoms with E-state index in [1.54, 1.807) is 0 Å². The van der Waals surface area contributed by atoms with Crippen LogP contribution in [0.4, 0.5) is 0 Å². The fourth-order valence-electron chi connectivity index (χ4n) is 1.90. The average Bonchev–Trinajstić information content (AvgIpc) is 2.37. The molecule has 4 unspecified atom stereocenters. The molecule has 0 heterocycles. The van der Waals surface area contributed by atoms with Crippen molar-refractivity contribution in [2.45, 2.75) is 18.5 Å². The predicted octanol–water partition coefficient (Wildman–Crippen LogP) is 0.691. The Morgan fingerprint density at radius 1 is 0.909 bits per heavy atom. The first-order valence-electron chi connectivity index (χ1n) is 3.48. The van der Waals surface area contributed by atoms with Gasteiger partial charge in [-0.1, -0.05) is 12.2 Å². The molecular formula is C7H14Cl2N2. The van der Waals surface area contributed by atoms with Crippen LogP contribution in [0.2, 0.25) is 0 Å². The lowest BCUT2D eigenvalue weighted by Gasteiger charge is -2.19. The molecule has 1 saturated carbocycles. The fraction of sp³-hybridized carbons (Fsp3) is 0.714. The molecule has 0 radical (unpaired) electrons. The minimum Gasteiger partial charge on any atom is -0.326 e. The summed E-state index contributed by atoms with van der Waals surface area (Å²) in [6, 6.07) is 0.472. The van der Waals surface area contributed by atoms with Gasteiger partial charge in [0.05, 0.1) is 0 Å². The van der Waals surface area contributed by atoms with Gasteiger partial charge in [0.25, 0.3) is 0 Å². The highest BCUT2D eigenvalue weighted by atomic mass is 35.5. The smallest absolute Gasteiger partial charge is 0.0262 e. The SMILES string of the molecule is Cl.Cl.NC1C2C=CC(C2)C1N. The van der Waals surface area contributed by atoms with Gasteiger partial charge in [-0.15, -0.1) is 24.8 Å². The molecule has 4 heteroatoms. The number of hydrogen-bond donors (Lipinski definition) is 2. The lowest BCUT2D eigenvalue weighted by Crippen LogP contribution is -2.43. The van der Waals surface area contributed by atoms with Crippen molar-refractivity contribution in [3.05, 3.63) is 12.2 Å². The fourth-order valence-corrected chi connectivity index (χ4v) is 1.90. The second-order valence-corrected chi connectivity index (χ2v) is 3.10. The van der Waals surface area contributed by atoms with Gasteiger partial charge in [-0.2, -0.15) is 0 Å². The van der Waals surface area contributed by atoms with E-state index in [1.165, 1.54) is 6.42 Å². The van der Waals surface area contributed by atoms with Gasteiger partial charge < -0.3 is 11.5 Å². The summed E-state index contributed by atoms with van der Waals surface area (Å²) in [4.78, 5) is 0. The Labute approximate surface area is 79.2 Å². The molecule has 4 N–H and O–H groups in total. The van der Waals surface area contributed by atoms with Crippen molar-refractivity contribution >= 4 is 24.8 Å². The van der Waals surface area contributed by atoms with Gasteiger partial charge in [0.15, 0.2) is 0 Å². The third kappa shape index (κ3) is 1.54. The third-order valence-corrected chi connectivity index (χ3v) is 2.58. The number of hydrogen-bond acceptors (Lipinski definition) is 2. The van der Waals surface area contributed by atoms with Crippen molar-refractivity contribution in [3.8, 4) is 0 Å². The normalized spacial score (nSPS) is 44.9. The molecule has 0 aromatic rings. The first-order chi connectivity index (χ1) is 4.29. The van der Waals surface area contributed by atoms with Crippen LogP contribution < -0.4 is 11.5 Å². The van der Waals surface area contributed by atoms with Crippen LogP contribution in [0.3, 0.4) is 0 Å². The van der Waals surface area contributed by atoms with Gasteiger partial charge in [0, 0.05) is 12.1 Å². The molecule has 0 aromatic carbocycles. The van der Waals surface area contributed by atoms with Crippen molar-refractivity contribution in [1.82, 2.24) is 0 Å². The zero-order valence-corrected chi connectivity index (χ0v) is 7.78. The molecular weight excluding hydrogens is 183 g/mol. The molecule has 4 atom stereocenters. The molecule has 2 aliphatic carbocycles. The predicted molar refractivity (Wildman–Crippen MR) is 51.2 cm³/mol. The van der Waals surface area contributed by atoms with Gasteiger partial charge in [-0.05, 0) is 18.3 Å². The maximum atomic E-state index is 5.79. The first-order valence-corrected chi connectivity index (χ1v) is 3.48. The van der Waals surface area contributed by atoms with Gasteiger partial charge in [-0.25, -0.2) is 0 Å². The highest BCUT2D eigenvalue weighted by Crippen LogP contribution is 2.36. The minimum atomic E-state index is 0. The van der Waals surface area contributed by atoms with Crippen molar-refractivity contribution < 1.29 is 0 Å². The van der Waals surface area contributed by atoms with Gasteiger partial charge in [0.2, 0.25) is 0 Å². The molecule has 0 spiro atoms. The van der Waals surface area contributed by atoms with Crippen molar-refractivity contribution in [2.24, 2.45) is 23.3 Å². The van der Waals surface area contributed by atoms with Crippen LogP contribution in [0.15, 0.2) is 12.2 Å². The Kier molecular flexibility index (Phi) is 3.85. The quantitative estimate of drug-likeness (QED) is 0.561. The van der Waals surface area contributed by atoms with E-state index in [2.05, 4.69) is 12.2 Å². The van der Waals surface area contributed by atoms with Crippen LogP contribution in [0.25, 0.3) is 0 Å². The van der Waals surface area contributed by atoms with E-state index in [4.69, 9.17) is 11.5 Å². The van der Waals surface area contributed by atoms with E-state index in [0.29, 0.717) is 11.8 Å². The molecule has 2 rings (SSSR count). The number of halogens is 2. The molecule has 0 aromatic heterocycles. The van der Waals surface area contributed by atoms with E-state index in [1.807, 2.05) is 0 Å². The second-order valence-electron chi connectivity index (χ2n) is 3.10. The lowest BCUT2D eigenvalue weighted by atomic mass is 9.98. The monoisotopic (exact) mass is 196 g/mol. The van der Waals surface area contributed by atoms with E-state index < -0.39 is 0 Å². The Hall–Kier alpha value is 0.240. The van der Waals surface area contributed by atoms with Crippen LogP contribution in [0.5, 0.6) is 0 Å². The summed E-state index contributed by atoms with van der Waals surface area (Å²) in [5.41, 5.74) is 11.6. The summed E-state index contributed by atoms with van der Waals surface area (Å²) in [6.45, 7) is 0. The molecule has 2 aliphatic rings. The van der Waals surface area contributed by atoms with Crippen LogP contribution in [0, 0.1) is 11.8 Å². The van der Waals surface area contributed by atoms with Gasteiger partial charge in [0.1, 0.15) is 0 Å². The number of nitrogens with two attached hydrogens (primary N) is 2. The third-order valence-electron chi connectivity index (χ3n) is 2.58. The Morgan fingerprint density at radius 3 is 1.45 bits per heavy atom. The molecule has 0 amide bonds. The number of rotatable bonds is 0. The van der Waals surface area contributed by atoms with E-state index >= 15 is 0 Å². The zero-order chi connectivity index (χ0) is 6.43. The number of fused-ring (bicyclic) bond motifs is 2. The van der Waals surface area contributed by atoms with Crippen LogP contribution in [-0.4, -0.2) is 12.1 Å². The van der Waals surface area contributed by atoms with Crippen LogP contribution >= 0.6 is 24.8 Å². The van der Waals surface area contributed by atoms with Crippen molar-refractivity contribution in [2.75, 3.05) is 0 Å². The van der Waals surface area contributed by atoms with E-state index in [9.17, 15) is 0 Å². The first kappa shape index (κ1) is 11.2. The summed E-state index contributed by atoms with van der Waals surface area (Å²) < 4.78 is 0. The molecule has 11 heavy (non-hydrogen) atoms. The minimum absolute atomic E-state index is 0. The van der Waals surface area contributed by atoms with E-state index in [0.717, 1.165) is 0 Å². The van der Waals surface area contributed by atoms with Crippen molar-refractivity contribution in [3.63, 3.8) is 0 Å². The summed E-state index contributed by atoms with van der Waals surface area (Å²) in [7, 11) is 0. The summed E-state index contributed by atoms with van der Waals surface area (Å²) in [5, 5.41) is 0. The summed E-state index contributed by atoms with van der Waals surface area (Å²) >= 11 is 0. The molecule has 0 saturated heterocycles. The Bertz CT molecular complexity index is 145. The van der Waals surface area contributed by atoms with Crippen molar-refractivity contribution in [1.29, 1.82) is 0 Å². The standard InChI is InChI=1S/C7H12N2.2ClH/c8-6-4-1-2-5(3-4)7(6)9;;/h1-2,4-7H,3,8-9H2;2*1H. The second kappa shape index (κ2) is 3.76.